The Bertz CT molecular complexity index is 1100. The maximum atomic E-state index is 13.8. The van der Waals surface area contributed by atoms with Crippen LogP contribution in [0.4, 0.5) is 8.78 Å². The van der Waals surface area contributed by atoms with E-state index in [2.05, 4.69) is 10.3 Å². The number of likely N-dealkylation sites (tertiary alicyclic amines) is 1. The molecule has 2 amide bonds. The molecule has 0 aliphatic carbocycles. The summed E-state index contributed by atoms with van der Waals surface area (Å²) in [6, 6.07) is 7.80. The van der Waals surface area contributed by atoms with Crippen molar-refractivity contribution in [3.8, 4) is 0 Å². The summed E-state index contributed by atoms with van der Waals surface area (Å²) in [5.41, 5.74) is 1.13. The van der Waals surface area contributed by atoms with Crippen molar-refractivity contribution in [3.05, 3.63) is 65.6 Å². The highest BCUT2D eigenvalue weighted by Gasteiger charge is 2.27. The van der Waals surface area contributed by atoms with E-state index in [1.807, 2.05) is 36.0 Å². The first-order valence-corrected chi connectivity index (χ1v) is 9.39. The van der Waals surface area contributed by atoms with Gasteiger partial charge in [-0.05, 0) is 31.0 Å². The van der Waals surface area contributed by atoms with Crippen molar-refractivity contribution in [2.75, 3.05) is 13.1 Å². The molecule has 8 heteroatoms. The van der Waals surface area contributed by atoms with Crippen LogP contribution in [0, 0.1) is 11.6 Å². The molecule has 3 aromatic rings. The minimum atomic E-state index is -1.01. The summed E-state index contributed by atoms with van der Waals surface area (Å²) in [6.07, 6.45) is 4.08. The maximum Gasteiger partial charge on any atom is 0.273 e. The first-order valence-electron chi connectivity index (χ1n) is 9.39. The van der Waals surface area contributed by atoms with Crippen molar-refractivity contribution in [2.24, 2.45) is 7.05 Å². The molecule has 150 valence electrons. The summed E-state index contributed by atoms with van der Waals surface area (Å²) >= 11 is 0. The molecule has 0 bridgehead atoms. The summed E-state index contributed by atoms with van der Waals surface area (Å²) in [5.74, 6) is -2.68. The molecule has 6 nitrogen and oxygen atoms in total. The molecule has 1 N–H and O–H groups in total. The number of hydrogen-bond acceptors (Lipinski definition) is 3. The van der Waals surface area contributed by atoms with Crippen molar-refractivity contribution in [1.82, 2.24) is 19.8 Å². The number of nitrogens with one attached hydrogen (secondary N) is 1. The van der Waals surface area contributed by atoms with Gasteiger partial charge in [0.2, 0.25) is 0 Å². The Morgan fingerprint density at radius 2 is 2.07 bits per heavy atom. The molecule has 1 aromatic carbocycles. The van der Waals surface area contributed by atoms with E-state index in [9.17, 15) is 18.4 Å². The number of aryl methyl sites for hydroxylation is 1. The van der Waals surface area contributed by atoms with Gasteiger partial charge >= 0.3 is 0 Å². The Morgan fingerprint density at radius 1 is 1.24 bits per heavy atom. The SMILES string of the molecule is Cn1ccc2c(C(=O)N3CCCC(NC(=O)c4ncc(F)cc4F)C3)cccc21. The zero-order chi connectivity index (χ0) is 20.5. The minimum absolute atomic E-state index is 0.105. The molecule has 2 aromatic heterocycles. The van der Waals surface area contributed by atoms with Gasteiger partial charge in [-0.15, -0.1) is 0 Å². The number of fused-ring (bicyclic) bond motifs is 1. The Morgan fingerprint density at radius 3 is 2.86 bits per heavy atom. The number of nitrogens with zero attached hydrogens (tertiary/aromatic N) is 3. The predicted molar refractivity (Wildman–Crippen MR) is 103 cm³/mol. The van der Waals surface area contributed by atoms with Crippen LogP contribution in [0.1, 0.15) is 33.7 Å². The van der Waals surface area contributed by atoms with Crippen LogP contribution in [0.3, 0.4) is 0 Å². The van der Waals surface area contributed by atoms with Crippen LogP contribution in [-0.4, -0.2) is 45.4 Å². The average molecular weight is 398 g/mol. The number of amides is 2. The third kappa shape index (κ3) is 3.70. The summed E-state index contributed by atoms with van der Waals surface area (Å²) in [6.45, 7) is 0.897. The zero-order valence-corrected chi connectivity index (χ0v) is 15.9. The number of aromatic nitrogens is 2. The van der Waals surface area contributed by atoms with Crippen LogP contribution < -0.4 is 5.32 Å². The lowest BCUT2D eigenvalue weighted by Gasteiger charge is -2.33. The molecule has 1 saturated heterocycles. The second kappa shape index (κ2) is 7.62. The van der Waals surface area contributed by atoms with Gasteiger partial charge < -0.3 is 14.8 Å². The highest BCUT2D eigenvalue weighted by atomic mass is 19.1. The van der Waals surface area contributed by atoms with Crippen molar-refractivity contribution in [3.63, 3.8) is 0 Å². The lowest BCUT2D eigenvalue weighted by atomic mass is 10.0. The van der Waals surface area contributed by atoms with Crippen molar-refractivity contribution >= 4 is 22.7 Å². The number of carbonyl (C=O) groups is 2. The second-order valence-corrected chi connectivity index (χ2v) is 7.21. The predicted octanol–water partition coefficient (Wildman–Crippen LogP) is 2.89. The second-order valence-electron chi connectivity index (χ2n) is 7.21. The van der Waals surface area contributed by atoms with Crippen LogP contribution in [0.15, 0.2) is 42.7 Å². The van der Waals surface area contributed by atoms with E-state index in [0.29, 0.717) is 37.6 Å². The summed E-state index contributed by atoms with van der Waals surface area (Å²) < 4.78 is 28.8. The summed E-state index contributed by atoms with van der Waals surface area (Å²) in [7, 11) is 1.92. The molecular formula is C21H20F2N4O2. The molecule has 1 fully saturated rings. The molecule has 1 unspecified atom stereocenters. The van der Waals surface area contributed by atoms with Gasteiger partial charge in [-0.3, -0.25) is 9.59 Å². The minimum Gasteiger partial charge on any atom is -0.351 e. The average Bonchev–Trinajstić information content (AvgIpc) is 3.08. The van der Waals surface area contributed by atoms with E-state index in [1.54, 1.807) is 11.0 Å². The topological polar surface area (TPSA) is 67.2 Å². The van der Waals surface area contributed by atoms with Crippen LogP contribution in [0.25, 0.3) is 10.9 Å². The third-order valence-corrected chi connectivity index (χ3v) is 5.23. The molecule has 0 spiro atoms. The van der Waals surface area contributed by atoms with Crippen molar-refractivity contribution in [1.29, 1.82) is 0 Å². The van der Waals surface area contributed by atoms with Gasteiger partial charge in [0.1, 0.15) is 5.82 Å². The third-order valence-electron chi connectivity index (χ3n) is 5.23. The standard InChI is InChI=1S/C21H20F2N4O2/c1-26-9-7-15-16(5-2-6-18(15)26)21(29)27-8-3-4-14(12-27)25-20(28)19-17(23)10-13(22)11-24-19/h2,5-7,9-11,14H,3-4,8,12H2,1H3,(H,25,28). The number of halogens is 2. The number of pyridine rings is 1. The number of piperidine rings is 1. The van der Waals surface area contributed by atoms with Gasteiger partial charge in [-0.1, -0.05) is 6.07 Å². The van der Waals surface area contributed by atoms with E-state index in [1.165, 1.54) is 0 Å². The molecule has 4 rings (SSSR count). The Labute approximate surface area is 166 Å². The molecular weight excluding hydrogens is 378 g/mol. The van der Waals surface area contributed by atoms with Crippen LogP contribution in [0.5, 0.6) is 0 Å². The van der Waals surface area contributed by atoms with Gasteiger partial charge in [-0.2, -0.15) is 0 Å². The molecule has 1 aliphatic heterocycles. The molecule has 1 atom stereocenters. The van der Waals surface area contributed by atoms with Gasteiger partial charge in [-0.25, -0.2) is 13.8 Å². The smallest absolute Gasteiger partial charge is 0.273 e. The van der Waals surface area contributed by atoms with E-state index in [0.717, 1.165) is 17.1 Å². The molecule has 0 saturated carbocycles. The number of carbonyl (C=O) groups excluding carboxylic acids is 2. The number of benzene rings is 1. The van der Waals surface area contributed by atoms with E-state index in [-0.39, 0.29) is 11.9 Å². The highest BCUT2D eigenvalue weighted by molar-refractivity contribution is 6.06. The number of hydrogen-bond donors (Lipinski definition) is 1. The Balaban J connectivity index is 1.49. The highest BCUT2D eigenvalue weighted by Crippen LogP contribution is 2.22. The fourth-order valence-electron chi connectivity index (χ4n) is 3.77. The van der Waals surface area contributed by atoms with Crippen LogP contribution in [0.2, 0.25) is 0 Å². The Hall–Kier alpha value is -3.29. The fraction of sp³-hybridized carbons (Fsp3) is 0.286. The first-order chi connectivity index (χ1) is 13.9. The summed E-state index contributed by atoms with van der Waals surface area (Å²) in [4.78, 5) is 30.7. The number of rotatable bonds is 3. The Kier molecular flexibility index (Phi) is 5.00. The molecule has 29 heavy (non-hydrogen) atoms. The zero-order valence-electron chi connectivity index (χ0n) is 15.9. The van der Waals surface area contributed by atoms with Gasteiger partial charge in [0.25, 0.3) is 11.8 Å². The lowest BCUT2D eigenvalue weighted by Crippen LogP contribution is -2.49. The molecule has 1 aliphatic rings. The molecule has 3 heterocycles. The normalized spacial score (nSPS) is 16.8. The lowest BCUT2D eigenvalue weighted by molar-refractivity contribution is 0.0676. The van der Waals surface area contributed by atoms with Gasteiger partial charge in [0, 0.05) is 54.9 Å². The van der Waals surface area contributed by atoms with E-state index >= 15 is 0 Å². The van der Waals surface area contributed by atoms with E-state index in [4.69, 9.17) is 0 Å². The van der Waals surface area contributed by atoms with E-state index < -0.39 is 23.2 Å². The monoisotopic (exact) mass is 398 g/mol. The fourth-order valence-corrected chi connectivity index (χ4v) is 3.77. The maximum absolute atomic E-state index is 13.8. The van der Waals surface area contributed by atoms with Crippen LogP contribution >= 0.6 is 0 Å². The van der Waals surface area contributed by atoms with Crippen LogP contribution in [-0.2, 0) is 7.05 Å². The van der Waals surface area contributed by atoms with Crippen molar-refractivity contribution < 1.29 is 18.4 Å². The largest absolute Gasteiger partial charge is 0.351 e. The quantitative estimate of drug-likeness (QED) is 0.738. The van der Waals surface area contributed by atoms with Gasteiger partial charge in [0.05, 0.1) is 6.20 Å². The van der Waals surface area contributed by atoms with Crippen molar-refractivity contribution in [2.45, 2.75) is 18.9 Å². The summed E-state index contributed by atoms with van der Waals surface area (Å²) in [5, 5.41) is 3.59. The molecule has 0 radical (unpaired) electrons. The van der Waals surface area contributed by atoms with Gasteiger partial charge in [0.15, 0.2) is 11.5 Å². The first kappa shape index (κ1) is 19.0.